The van der Waals surface area contributed by atoms with Crippen molar-refractivity contribution in [2.24, 2.45) is 22.2 Å². The number of amidine groups is 1. The second-order valence-electron chi connectivity index (χ2n) is 6.21. The van der Waals surface area contributed by atoms with E-state index in [1.165, 1.54) is 19.4 Å². The SMILES string of the molecule is CCC(C)(C(=O)N1CCN(CC2CC2)CC1)C(N)=NO. The summed E-state index contributed by atoms with van der Waals surface area (Å²) >= 11 is 0. The second-order valence-corrected chi connectivity index (χ2v) is 6.21. The first kappa shape index (κ1) is 15.1. The zero-order valence-electron chi connectivity index (χ0n) is 12.5. The number of piperazine rings is 1. The van der Waals surface area contributed by atoms with Crippen molar-refractivity contribution in [3.8, 4) is 0 Å². The fourth-order valence-electron chi connectivity index (χ4n) is 2.70. The molecular formula is C14H26N4O2. The summed E-state index contributed by atoms with van der Waals surface area (Å²) < 4.78 is 0. The third-order valence-electron chi connectivity index (χ3n) is 4.73. The Hall–Kier alpha value is -1.30. The minimum Gasteiger partial charge on any atom is -0.409 e. The summed E-state index contributed by atoms with van der Waals surface area (Å²) in [6, 6.07) is 0. The van der Waals surface area contributed by atoms with Crippen molar-refractivity contribution < 1.29 is 10.0 Å². The summed E-state index contributed by atoms with van der Waals surface area (Å²) in [6.07, 6.45) is 3.25. The van der Waals surface area contributed by atoms with Gasteiger partial charge in [-0.05, 0) is 32.1 Å². The average molecular weight is 282 g/mol. The molecule has 2 fully saturated rings. The van der Waals surface area contributed by atoms with Gasteiger partial charge in [-0.25, -0.2) is 0 Å². The highest BCUT2D eigenvalue weighted by molar-refractivity contribution is 6.06. The van der Waals surface area contributed by atoms with E-state index in [1.807, 2.05) is 11.8 Å². The van der Waals surface area contributed by atoms with Crippen molar-refractivity contribution >= 4 is 11.7 Å². The van der Waals surface area contributed by atoms with Crippen LogP contribution in [-0.4, -0.2) is 59.5 Å². The first-order valence-corrected chi connectivity index (χ1v) is 7.51. The molecule has 1 saturated heterocycles. The zero-order valence-corrected chi connectivity index (χ0v) is 12.5. The number of nitrogens with zero attached hydrogens (tertiary/aromatic N) is 3. The molecule has 0 bridgehead atoms. The Morgan fingerprint density at radius 1 is 1.35 bits per heavy atom. The summed E-state index contributed by atoms with van der Waals surface area (Å²) in [5, 5.41) is 11.9. The molecule has 1 amide bonds. The molecule has 0 spiro atoms. The van der Waals surface area contributed by atoms with Crippen molar-refractivity contribution in [3.63, 3.8) is 0 Å². The normalized spacial score (nSPS) is 24.5. The van der Waals surface area contributed by atoms with Crippen LogP contribution in [0.15, 0.2) is 5.16 Å². The van der Waals surface area contributed by atoms with Gasteiger partial charge in [0.05, 0.1) is 0 Å². The number of hydrogen-bond acceptors (Lipinski definition) is 4. The molecule has 1 heterocycles. The van der Waals surface area contributed by atoms with E-state index >= 15 is 0 Å². The number of oxime groups is 1. The Balaban J connectivity index is 1.92. The third kappa shape index (κ3) is 3.06. The molecule has 1 aliphatic heterocycles. The van der Waals surface area contributed by atoms with Crippen LogP contribution in [0.2, 0.25) is 0 Å². The highest BCUT2D eigenvalue weighted by Gasteiger charge is 2.40. The second kappa shape index (κ2) is 5.99. The van der Waals surface area contributed by atoms with Gasteiger partial charge < -0.3 is 15.8 Å². The van der Waals surface area contributed by atoms with Gasteiger partial charge in [0.2, 0.25) is 5.91 Å². The maximum absolute atomic E-state index is 12.6. The Kier molecular flexibility index (Phi) is 4.52. The van der Waals surface area contributed by atoms with Gasteiger partial charge in [0.15, 0.2) is 5.84 Å². The largest absolute Gasteiger partial charge is 0.409 e. The monoisotopic (exact) mass is 282 g/mol. The first-order chi connectivity index (χ1) is 9.51. The summed E-state index contributed by atoms with van der Waals surface area (Å²) in [5.74, 6) is 0.863. The van der Waals surface area contributed by atoms with Crippen LogP contribution in [0.25, 0.3) is 0 Å². The minimum atomic E-state index is -0.895. The summed E-state index contributed by atoms with van der Waals surface area (Å²) in [7, 11) is 0. The van der Waals surface area contributed by atoms with Crippen molar-refractivity contribution in [1.29, 1.82) is 0 Å². The van der Waals surface area contributed by atoms with Crippen molar-refractivity contribution in [1.82, 2.24) is 9.80 Å². The van der Waals surface area contributed by atoms with Gasteiger partial charge in [-0.2, -0.15) is 0 Å². The van der Waals surface area contributed by atoms with E-state index in [9.17, 15) is 4.79 Å². The number of carbonyl (C=O) groups excluding carboxylic acids is 1. The lowest BCUT2D eigenvalue weighted by Crippen LogP contribution is -2.55. The van der Waals surface area contributed by atoms with E-state index in [4.69, 9.17) is 10.9 Å². The van der Waals surface area contributed by atoms with Gasteiger partial charge in [-0.3, -0.25) is 9.69 Å². The fourth-order valence-corrected chi connectivity index (χ4v) is 2.70. The Morgan fingerprint density at radius 2 is 1.95 bits per heavy atom. The van der Waals surface area contributed by atoms with Gasteiger partial charge in [0.1, 0.15) is 5.41 Å². The van der Waals surface area contributed by atoms with E-state index in [2.05, 4.69) is 10.1 Å². The lowest BCUT2D eigenvalue weighted by Gasteiger charge is -2.39. The molecule has 2 rings (SSSR count). The standard InChI is InChI=1S/C14H26N4O2/c1-3-14(2,12(15)16-20)13(19)18-8-6-17(7-9-18)10-11-4-5-11/h11,20H,3-10H2,1-2H3,(H2,15,16). The molecule has 1 saturated carbocycles. The number of hydrogen-bond donors (Lipinski definition) is 2. The Morgan fingerprint density at radius 3 is 2.40 bits per heavy atom. The number of rotatable bonds is 5. The molecular weight excluding hydrogens is 256 g/mol. The summed E-state index contributed by atoms with van der Waals surface area (Å²) in [4.78, 5) is 16.9. The van der Waals surface area contributed by atoms with Crippen LogP contribution in [0.5, 0.6) is 0 Å². The molecule has 114 valence electrons. The molecule has 1 aliphatic carbocycles. The van der Waals surface area contributed by atoms with E-state index in [1.54, 1.807) is 6.92 Å². The first-order valence-electron chi connectivity index (χ1n) is 7.51. The van der Waals surface area contributed by atoms with Gasteiger partial charge in [0.25, 0.3) is 0 Å². The highest BCUT2D eigenvalue weighted by Crippen LogP contribution is 2.30. The highest BCUT2D eigenvalue weighted by atomic mass is 16.4. The molecule has 3 N–H and O–H groups in total. The Bertz CT molecular complexity index is 387. The molecule has 0 aromatic heterocycles. The molecule has 2 aliphatic rings. The van der Waals surface area contributed by atoms with Gasteiger partial charge in [-0.15, -0.1) is 0 Å². The van der Waals surface area contributed by atoms with Gasteiger partial charge in [0, 0.05) is 32.7 Å². The topological polar surface area (TPSA) is 82.2 Å². The number of carbonyl (C=O) groups is 1. The van der Waals surface area contributed by atoms with Crippen molar-refractivity contribution in [2.75, 3.05) is 32.7 Å². The van der Waals surface area contributed by atoms with Crippen LogP contribution in [0.3, 0.4) is 0 Å². The molecule has 6 nitrogen and oxygen atoms in total. The molecule has 0 radical (unpaired) electrons. The molecule has 1 atom stereocenters. The average Bonchev–Trinajstić information content (AvgIpc) is 3.29. The van der Waals surface area contributed by atoms with Gasteiger partial charge in [-0.1, -0.05) is 12.1 Å². The maximum Gasteiger partial charge on any atom is 0.236 e. The van der Waals surface area contributed by atoms with E-state index in [0.29, 0.717) is 6.42 Å². The maximum atomic E-state index is 12.6. The lowest BCUT2D eigenvalue weighted by atomic mass is 9.84. The van der Waals surface area contributed by atoms with E-state index in [0.717, 1.165) is 32.1 Å². The van der Waals surface area contributed by atoms with Crippen LogP contribution < -0.4 is 5.73 Å². The smallest absolute Gasteiger partial charge is 0.236 e. The molecule has 1 unspecified atom stereocenters. The molecule has 0 aromatic carbocycles. The predicted molar refractivity (Wildman–Crippen MR) is 77.6 cm³/mol. The van der Waals surface area contributed by atoms with Crippen LogP contribution in [0.4, 0.5) is 0 Å². The molecule has 0 aromatic rings. The summed E-state index contributed by atoms with van der Waals surface area (Å²) in [5.41, 5.74) is 4.82. The van der Waals surface area contributed by atoms with E-state index < -0.39 is 5.41 Å². The third-order valence-corrected chi connectivity index (χ3v) is 4.73. The van der Waals surface area contributed by atoms with Gasteiger partial charge >= 0.3 is 0 Å². The molecule has 6 heteroatoms. The van der Waals surface area contributed by atoms with Crippen LogP contribution in [-0.2, 0) is 4.79 Å². The van der Waals surface area contributed by atoms with Crippen molar-refractivity contribution in [2.45, 2.75) is 33.1 Å². The van der Waals surface area contributed by atoms with Crippen LogP contribution >= 0.6 is 0 Å². The predicted octanol–water partition coefficient (Wildman–Crippen LogP) is 0.703. The van der Waals surface area contributed by atoms with E-state index in [-0.39, 0.29) is 11.7 Å². The fraction of sp³-hybridized carbons (Fsp3) is 0.857. The van der Waals surface area contributed by atoms with Crippen LogP contribution in [0.1, 0.15) is 33.1 Å². The zero-order chi connectivity index (χ0) is 14.8. The molecule has 20 heavy (non-hydrogen) atoms. The Labute approximate surface area is 120 Å². The van der Waals surface area contributed by atoms with Crippen molar-refractivity contribution in [3.05, 3.63) is 0 Å². The quantitative estimate of drug-likeness (QED) is 0.337. The number of amides is 1. The van der Waals surface area contributed by atoms with Crippen LogP contribution in [0, 0.1) is 11.3 Å². The lowest BCUT2D eigenvalue weighted by molar-refractivity contribution is -0.139. The minimum absolute atomic E-state index is 0.00501. The summed E-state index contributed by atoms with van der Waals surface area (Å²) in [6.45, 7) is 8.14. The number of nitrogens with two attached hydrogens (primary N) is 1.